The molecule has 0 saturated carbocycles. The lowest BCUT2D eigenvalue weighted by molar-refractivity contribution is -0.385. The minimum absolute atomic E-state index is 0.0776. The lowest BCUT2D eigenvalue weighted by Crippen LogP contribution is -1.89. The first-order valence-corrected chi connectivity index (χ1v) is 4.00. The lowest BCUT2D eigenvalue weighted by Gasteiger charge is -1.93. The summed E-state index contributed by atoms with van der Waals surface area (Å²) in [6.07, 6.45) is 1.15. The molecule has 7 heteroatoms. The van der Waals surface area contributed by atoms with E-state index in [-0.39, 0.29) is 11.5 Å². The second-order valence-corrected chi connectivity index (χ2v) is 2.77. The van der Waals surface area contributed by atoms with E-state index in [9.17, 15) is 10.1 Å². The van der Waals surface area contributed by atoms with Crippen LogP contribution in [-0.4, -0.2) is 15.1 Å². The van der Waals surface area contributed by atoms with Crippen LogP contribution < -0.4 is 5.73 Å². The maximum atomic E-state index is 10.4. The zero-order chi connectivity index (χ0) is 10.8. The highest BCUT2D eigenvalue weighted by Crippen LogP contribution is 2.20. The fraction of sp³-hybridized carbons (Fsp3) is 0. The number of nitro groups is 1. The number of anilines is 1. The van der Waals surface area contributed by atoms with Crippen molar-refractivity contribution in [1.29, 1.82) is 0 Å². The summed E-state index contributed by atoms with van der Waals surface area (Å²) in [7, 11) is 0. The molecule has 0 radical (unpaired) electrons. The van der Waals surface area contributed by atoms with E-state index in [0.717, 1.165) is 6.20 Å². The van der Waals surface area contributed by atoms with Gasteiger partial charge in [0, 0.05) is 12.1 Å². The molecule has 15 heavy (non-hydrogen) atoms. The van der Waals surface area contributed by atoms with Gasteiger partial charge < -0.3 is 10.3 Å². The second-order valence-electron chi connectivity index (χ2n) is 2.77. The summed E-state index contributed by atoms with van der Waals surface area (Å²) in [6.45, 7) is 0. The molecule has 2 N–H and O–H groups in total. The first-order chi connectivity index (χ1) is 7.16. The average Bonchev–Trinajstić information content (AvgIpc) is 2.65. The van der Waals surface area contributed by atoms with Crippen molar-refractivity contribution in [3.05, 3.63) is 34.5 Å². The summed E-state index contributed by atoms with van der Waals surface area (Å²) in [5.74, 6) is 0.618. The summed E-state index contributed by atoms with van der Waals surface area (Å²) in [5, 5.41) is 13.8. The molecule has 0 aliphatic carbocycles. The highest BCUT2D eigenvalue weighted by molar-refractivity contribution is 5.56. The molecular weight excluding hydrogens is 200 g/mol. The molecule has 76 valence electrons. The summed E-state index contributed by atoms with van der Waals surface area (Å²) >= 11 is 0. The summed E-state index contributed by atoms with van der Waals surface area (Å²) in [6, 6.07) is 4.30. The van der Waals surface area contributed by atoms with E-state index >= 15 is 0 Å². The van der Waals surface area contributed by atoms with Crippen LogP contribution in [0.3, 0.4) is 0 Å². The summed E-state index contributed by atoms with van der Waals surface area (Å²) < 4.78 is 4.84. The smallest absolute Gasteiger partial charge is 0.287 e. The van der Waals surface area contributed by atoms with Gasteiger partial charge in [-0.25, -0.2) is 4.98 Å². The normalized spacial score (nSPS) is 10.1. The van der Waals surface area contributed by atoms with Crippen molar-refractivity contribution >= 4 is 11.5 Å². The van der Waals surface area contributed by atoms with Gasteiger partial charge in [0.1, 0.15) is 11.9 Å². The van der Waals surface area contributed by atoms with Gasteiger partial charge in [-0.05, 0) is 6.07 Å². The van der Waals surface area contributed by atoms with Crippen molar-refractivity contribution in [1.82, 2.24) is 10.1 Å². The highest BCUT2D eigenvalue weighted by atomic mass is 16.6. The van der Waals surface area contributed by atoms with Crippen molar-refractivity contribution in [2.45, 2.75) is 0 Å². The van der Waals surface area contributed by atoms with Crippen molar-refractivity contribution < 1.29 is 9.45 Å². The molecule has 0 unspecified atom stereocenters. The molecule has 2 aromatic rings. The van der Waals surface area contributed by atoms with Crippen LogP contribution in [0, 0.1) is 10.1 Å². The predicted molar refractivity (Wildman–Crippen MR) is 50.8 cm³/mol. The Balaban J connectivity index is 2.35. The van der Waals surface area contributed by atoms with E-state index in [1.54, 1.807) is 0 Å². The molecule has 2 rings (SSSR count). The van der Waals surface area contributed by atoms with E-state index in [1.165, 1.54) is 18.2 Å². The maximum absolute atomic E-state index is 10.4. The molecule has 2 aromatic heterocycles. The number of hydrogen-bond donors (Lipinski definition) is 1. The zero-order valence-corrected chi connectivity index (χ0v) is 7.45. The molecule has 0 aliphatic heterocycles. The van der Waals surface area contributed by atoms with Crippen LogP contribution in [0.4, 0.5) is 11.5 Å². The van der Waals surface area contributed by atoms with Crippen molar-refractivity contribution in [2.75, 3.05) is 5.73 Å². The Kier molecular flexibility index (Phi) is 2.05. The molecule has 0 amide bonds. The van der Waals surface area contributed by atoms with E-state index < -0.39 is 4.92 Å². The number of nitrogens with zero attached hydrogens (tertiary/aromatic N) is 3. The third-order valence-corrected chi connectivity index (χ3v) is 1.74. The standard InChI is InChI=1S/C8H6N4O3/c9-8-3-7(15-11-8)6-2-1-5(4-10-6)12(13)14/h1-4H,(H2,9,11). The Morgan fingerprint density at radius 3 is 2.73 bits per heavy atom. The number of aromatic nitrogens is 2. The van der Waals surface area contributed by atoms with Crippen LogP contribution in [0.2, 0.25) is 0 Å². The van der Waals surface area contributed by atoms with Crippen LogP contribution in [0.25, 0.3) is 11.5 Å². The fourth-order valence-electron chi connectivity index (χ4n) is 1.05. The first-order valence-electron chi connectivity index (χ1n) is 4.00. The van der Waals surface area contributed by atoms with Crippen LogP contribution in [0.1, 0.15) is 0 Å². The van der Waals surface area contributed by atoms with Gasteiger partial charge >= 0.3 is 0 Å². The van der Waals surface area contributed by atoms with Gasteiger partial charge in [0.25, 0.3) is 5.69 Å². The number of nitrogens with two attached hydrogens (primary N) is 1. The largest absolute Gasteiger partial charge is 0.381 e. The van der Waals surface area contributed by atoms with Gasteiger partial charge in [-0.15, -0.1) is 0 Å². The number of hydrogen-bond acceptors (Lipinski definition) is 6. The Morgan fingerprint density at radius 2 is 2.27 bits per heavy atom. The highest BCUT2D eigenvalue weighted by Gasteiger charge is 2.09. The van der Waals surface area contributed by atoms with Gasteiger partial charge in [-0.2, -0.15) is 0 Å². The molecule has 0 spiro atoms. The average molecular weight is 206 g/mol. The maximum Gasteiger partial charge on any atom is 0.287 e. The van der Waals surface area contributed by atoms with Crippen LogP contribution in [0.15, 0.2) is 28.9 Å². The van der Waals surface area contributed by atoms with Crippen LogP contribution in [-0.2, 0) is 0 Å². The SMILES string of the molecule is Nc1cc(-c2ccc([N+](=O)[O-])cn2)on1. The quantitative estimate of drug-likeness (QED) is 0.584. The van der Waals surface area contributed by atoms with Crippen LogP contribution in [0.5, 0.6) is 0 Å². The predicted octanol–water partition coefficient (Wildman–Crippen LogP) is 1.23. The Hall–Kier alpha value is -2.44. The monoisotopic (exact) mass is 206 g/mol. The molecule has 0 saturated heterocycles. The minimum atomic E-state index is -0.522. The summed E-state index contributed by atoms with van der Waals surface area (Å²) in [5.41, 5.74) is 5.72. The molecule has 0 aromatic carbocycles. The topological polar surface area (TPSA) is 108 Å². The van der Waals surface area contributed by atoms with Crippen molar-refractivity contribution in [3.8, 4) is 11.5 Å². The fourth-order valence-corrected chi connectivity index (χ4v) is 1.05. The second kappa shape index (κ2) is 3.37. The Morgan fingerprint density at radius 1 is 1.47 bits per heavy atom. The minimum Gasteiger partial charge on any atom is -0.381 e. The zero-order valence-electron chi connectivity index (χ0n) is 7.45. The van der Waals surface area contributed by atoms with E-state index in [1.807, 2.05) is 0 Å². The third kappa shape index (κ3) is 1.75. The van der Waals surface area contributed by atoms with E-state index in [0.29, 0.717) is 11.5 Å². The van der Waals surface area contributed by atoms with Gasteiger partial charge in [0.2, 0.25) is 0 Å². The molecule has 0 aliphatic rings. The number of nitrogen functional groups attached to an aromatic ring is 1. The first kappa shape index (κ1) is 9.13. The van der Waals surface area contributed by atoms with Crippen LogP contribution >= 0.6 is 0 Å². The number of pyridine rings is 1. The molecule has 0 bridgehead atoms. The number of rotatable bonds is 2. The summed E-state index contributed by atoms with van der Waals surface area (Å²) in [4.78, 5) is 13.7. The van der Waals surface area contributed by atoms with Gasteiger partial charge in [-0.1, -0.05) is 5.16 Å². The Bertz CT molecular complexity index is 491. The van der Waals surface area contributed by atoms with E-state index in [4.69, 9.17) is 10.3 Å². The van der Waals surface area contributed by atoms with Crippen molar-refractivity contribution in [2.24, 2.45) is 0 Å². The molecule has 0 fully saturated rings. The molecule has 2 heterocycles. The van der Waals surface area contributed by atoms with E-state index in [2.05, 4.69) is 10.1 Å². The molecule has 0 atom stereocenters. The van der Waals surface area contributed by atoms with Gasteiger partial charge in [0.15, 0.2) is 11.6 Å². The van der Waals surface area contributed by atoms with Gasteiger partial charge in [-0.3, -0.25) is 10.1 Å². The van der Waals surface area contributed by atoms with Crippen molar-refractivity contribution in [3.63, 3.8) is 0 Å². The molecule has 7 nitrogen and oxygen atoms in total. The third-order valence-electron chi connectivity index (χ3n) is 1.74. The lowest BCUT2D eigenvalue weighted by atomic mass is 10.3. The Labute approximate surface area is 83.7 Å². The van der Waals surface area contributed by atoms with Gasteiger partial charge in [0.05, 0.1) is 4.92 Å². The molecular formula is C8H6N4O3.